The highest BCUT2D eigenvalue weighted by Crippen LogP contribution is 2.15. The Kier molecular flexibility index (Phi) is 4.00. The number of nitrogens with two attached hydrogens (primary N) is 1. The summed E-state index contributed by atoms with van der Waals surface area (Å²) in [5.41, 5.74) is 5.94. The van der Waals surface area contributed by atoms with Gasteiger partial charge in [0.05, 0.1) is 6.54 Å². The van der Waals surface area contributed by atoms with E-state index in [4.69, 9.17) is 5.73 Å². The molecule has 1 atom stereocenters. The van der Waals surface area contributed by atoms with Crippen LogP contribution in [0, 0.1) is 0 Å². The highest BCUT2D eigenvalue weighted by molar-refractivity contribution is 5.98. The van der Waals surface area contributed by atoms with Gasteiger partial charge in [-0.3, -0.25) is 9.59 Å². The highest BCUT2D eigenvalue weighted by Gasteiger charge is 2.20. The lowest BCUT2D eigenvalue weighted by Gasteiger charge is -2.24. The van der Waals surface area contributed by atoms with Crippen molar-refractivity contribution in [3.8, 4) is 0 Å². The Morgan fingerprint density at radius 1 is 1.47 bits per heavy atom. The van der Waals surface area contributed by atoms with Crippen molar-refractivity contribution < 1.29 is 9.59 Å². The van der Waals surface area contributed by atoms with Gasteiger partial charge in [0.25, 0.3) is 0 Å². The molecule has 1 rings (SSSR count). The van der Waals surface area contributed by atoms with E-state index in [1.165, 1.54) is 4.90 Å². The first-order valence-electron chi connectivity index (χ1n) is 4.65. The molecule has 0 saturated carbocycles. The van der Waals surface area contributed by atoms with Crippen LogP contribution in [0.2, 0.25) is 0 Å². The zero-order chi connectivity index (χ0) is 11.3. The first kappa shape index (κ1) is 11.4. The third-order valence-corrected chi connectivity index (χ3v) is 2.04. The Labute approximate surface area is 88.7 Å². The molecule has 4 nitrogen and oxygen atoms in total. The van der Waals surface area contributed by atoms with Crippen LogP contribution in [-0.4, -0.2) is 24.8 Å². The van der Waals surface area contributed by atoms with Crippen molar-refractivity contribution in [3.05, 3.63) is 30.3 Å². The van der Waals surface area contributed by atoms with Crippen LogP contribution in [0.1, 0.15) is 6.92 Å². The van der Waals surface area contributed by atoms with Gasteiger partial charge in [-0.05, 0) is 19.1 Å². The molecule has 0 unspecified atom stereocenters. The predicted molar refractivity (Wildman–Crippen MR) is 58.1 cm³/mol. The average Bonchev–Trinajstić information content (AvgIpc) is 2.30. The number of hydrogen-bond donors (Lipinski definition) is 1. The van der Waals surface area contributed by atoms with E-state index in [0.717, 1.165) is 0 Å². The van der Waals surface area contributed by atoms with Gasteiger partial charge in [0.15, 0.2) is 0 Å². The van der Waals surface area contributed by atoms with Crippen molar-refractivity contribution in [1.29, 1.82) is 0 Å². The second kappa shape index (κ2) is 5.26. The topological polar surface area (TPSA) is 63.4 Å². The largest absolute Gasteiger partial charge is 0.322 e. The maximum atomic E-state index is 11.5. The van der Waals surface area contributed by atoms with Gasteiger partial charge in [0.2, 0.25) is 12.2 Å². The lowest BCUT2D eigenvalue weighted by Crippen LogP contribution is -2.43. The first-order chi connectivity index (χ1) is 7.20. The number of carbonyl (C=O) groups excluding carboxylic acids is 2. The number of hydrogen-bond acceptors (Lipinski definition) is 3. The summed E-state index contributed by atoms with van der Waals surface area (Å²) in [6, 6.07) is 8.31. The summed E-state index contributed by atoms with van der Waals surface area (Å²) in [5.74, 6) is -0.294. The number of rotatable bonds is 4. The molecule has 0 spiro atoms. The Morgan fingerprint density at radius 3 is 2.53 bits per heavy atom. The molecule has 0 fully saturated rings. The number of amides is 1. The number of nitrogens with zero attached hydrogens (tertiary/aromatic N) is 1. The standard InChI is InChI=1S/C11H13N2O2/c1-9(8-14)13(11(15)7-12)10-5-3-2-4-6-10/h2-6,9H,7,12H2,1H3/t9-/m0/s1. The molecule has 4 heteroatoms. The second-order valence-electron chi connectivity index (χ2n) is 3.10. The van der Waals surface area contributed by atoms with Crippen LogP contribution >= 0.6 is 0 Å². The molecular formula is C11H13N2O2. The molecule has 0 heterocycles. The summed E-state index contributed by atoms with van der Waals surface area (Å²) in [5, 5.41) is 0. The molecule has 1 amide bonds. The fourth-order valence-corrected chi connectivity index (χ4v) is 1.32. The van der Waals surface area contributed by atoms with Gasteiger partial charge in [0.1, 0.15) is 6.04 Å². The van der Waals surface area contributed by atoms with Gasteiger partial charge in [0, 0.05) is 5.69 Å². The lowest BCUT2D eigenvalue weighted by molar-refractivity contribution is -0.117. The van der Waals surface area contributed by atoms with Gasteiger partial charge in [-0.25, -0.2) is 0 Å². The molecular weight excluding hydrogens is 192 g/mol. The minimum Gasteiger partial charge on any atom is -0.322 e. The van der Waals surface area contributed by atoms with Gasteiger partial charge < -0.3 is 10.6 Å². The van der Waals surface area contributed by atoms with E-state index >= 15 is 0 Å². The van der Waals surface area contributed by atoms with Gasteiger partial charge in [-0.1, -0.05) is 18.2 Å². The van der Waals surface area contributed by atoms with Crippen LogP contribution in [-0.2, 0) is 9.59 Å². The minimum atomic E-state index is -0.622. The Bertz CT molecular complexity index is 338. The second-order valence-corrected chi connectivity index (χ2v) is 3.10. The van der Waals surface area contributed by atoms with Crippen molar-refractivity contribution in [1.82, 2.24) is 0 Å². The van der Waals surface area contributed by atoms with Gasteiger partial charge in [-0.15, -0.1) is 0 Å². The number of anilines is 1. The van der Waals surface area contributed by atoms with Crippen molar-refractivity contribution >= 4 is 17.9 Å². The van der Waals surface area contributed by atoms with Crippen molar-refractivity contribution in [2.24, 2.45) is 5.73 Å². The Hall–Kier alpha value is -1.68. The molecule has 0 saturated heterocycles. The van der Waals surface area contributed by atoms with E-state index in [1.54, 1.807) is 37.5 Å². The summed E-state index contributed by atoms with van der Waals surface area (Å²) in [6.07, 6.45) is 1.78. The van der Waals surface area contributed by atoms with E-state index in [2.05, 4.69) is 0 Å². The molecule has 1 radical (unpaired) electrons. The predicted octanol–water partition coefficient (Wildman–Crippen LogP) is 0.476. The van der Waals surface area contributed by atoms with Gasteiger partial charge in [-0.2, -0.15) is 0 Å². The third-order valence-electron chi connectivity index (χ3n) is 2.04. The molecule has 1 aromatic rings. The zero-order valence-electron chi connectivity index (χ0n) is 8.51. The number of para-hydroxylation sites is 1. The molecule has 2 N–H and O–H groups in total. The van der Waals surface area contributed by atoms with Crippen molar-refractivity contribution in [3.63, 3.8) is 0 Å². The molecule has 79 valence electrons. The van der Waals surface area contributed by atoms with Crippen LogP contribution in [0.25, 0.3) is 0 Å². The Morgan fingerprint density at radius 2 is 2.07 bits per heavy atom. The van der Waals surface area contributed by atoms with Crippen molar-refractivity contribution in [2.45, 2.75) is 13.0 Å². The zero-order valence-corrected chi connectivity index (χ0v) is 8.51. The molecule has 0 aliphatic carbocycles. The van der Waals surface area contributed by atoms with E-state index in [-0.39, 0.29) is 12.5 Å². The maximum absolute atomic E-state index is 11.5. The van der Waals surface area contributed by atoms with E-state index in [1.807, 2.05) is 6.07 Å². The van der Waals surface area contributed by atoms with E-state index < -0.39 is 6.04 Å². The van der Waals surface area contributed by atoms with Crippen LogP contribution < -0.4 is 10.6 Å². The van der Waals surface area contributed by atoms with Crippen LogP contribution in [0.3, 0.4) is 0 Å². The van der Waals surface area contributed by atoms with Gasteiger partial charge >= 0.3 is 0 Å². The van der Waals surface area contributed by atoms with Crippen LogP contribution in [0.15, 0.2) is 30.3 Å². The highest BCUT2D eigenvalue weighted by atomic mass is 16.2. The SMILES string of the molecule is C[C@@H]([C]=O)N(C(=O)CN)c1ccccc1. The average molecular weight is 205 g/mol. The maximum Gasteiger partial charge on any atom is 0.241 e. The van der Waals surface area contributed by atoms with E-state index in [9.17, 15) is 9.59 Å². The molecule has 0 aromatic heterocycles. The molecule has 15 heavy (non-hydrogen) atoms. The molecule has 0 aliphatic heterocycles. The van der Waals surface area contributed by atoms with Crippen LogP contribution in [0.5, 0.6) is 0 Å². The summed E-state index contributed by atoms with van der Waals surface area (Å²) < 4.78 is 0. The molecule has 1 aromatic carbocycles. The third kappa shape index (κ3) is 2.63. The smallest absolute Gasteiger partial charge is 0.241 e. The Balaban J connectivity index is 3.01. The summed E-state index contributed by atoms with van der Waals surface area (Å²) >= 11 is 0. The summed E-state index contributed by atoms with van der Waals surface area (Å²) in [7, 11) is 0. The number of carbonyl (C=O) groups is 1. The normalized spacial score (nSPS) is 11.9. The van der Waals surface area contributed by atoms with E-state index in [0.29, 0.717) is 5.69 Å². The molecule has 0 bridgehead atoms. The van der Waals surface area contributed by atoms with Crippen molar-refractivity contribution in [2.75, 3.05) is 11.4 Å². The quantitative estimate of drug-likeness (QED) is 0.777. The lowest BCUT2D eigenvalue weighted by atomic mass is 10.2. The monoisotopic (exact) mass is 205 g/mol. The summed E-state index contributed by atoms with van der Waals surface area (Å²) in [6.45, 7) is 1.48. The first-order valence-corrected chi connectivity index (χ1v) is 4.65. The summed E-state index contributed by atoms with van der Waals surface area (Å²) in [4.78, 5) is 23.5. The fraction of sp³-hybridized carbons (Fsp3) is 0.273. The fourth-order valence-electron chi connectivity index (χ4n) is 1.32. The van der Waals surface area contributed by atoms with Crippen LogP contribution in [0.4, 0.5) is 5.69 Å². The number of benzene rings is 1. The minimum absolute atomic E-state index is 0.124. The molecule has 0 aliphatic rings.